The molecule has 31 heavy (non-hydrogen) atoms. The molecule has 164 valence electrons. The molecule has 1 aromatic heterocycles. The molecular formula is C22H25ClN4O3S. The first-order valence-electron chi connectivity index (χ1n) is 9.90. The maximum Gasteiger partial charge on any atom is 0.232 e. The monoisotopic (exact) mass is 460 g/mol. The Bertz CT molecular complexity index is 1170. The van der Waals surface area contributed by atoms with E-state index in [1.807, 2.05) is 26.0 Å². The largest absolute Gasteiger partial charge is 0.326 e. The molecule has 3 rings (SSSR count). The van der Waals surface area contributed by atoms with Crippen LogP contribution in [-0.2, 0) is 21.2 Å². The first-order valence-corrected chi connectivity index (χ1v) is 11.9. The zero-order chi connectivity index (χ0) is 22.6. The molecule has 2 N–H and O–H groups in total. The Kier molecular flexibility index (Phi) is 7.02. The number of nitrogens with one attached hydrogen (secondary N) is 2. The predicted octanol–water partition coefficient (Wildman–Crippen LogP) is 4.48. The average molecular weight is 461 g/mol. The Morgan fingerprint density at radius 2 is 1.65 bits per heavy atom. The summed E-state index contributed by atoms with van der Waals surface area (Å²) in [6.07, 6.45) is 0.715. The predicted molar refractivity (Wildman–Crippen MR) is 125 cm³/mol. The molecule has 0 aliphatic heterocycles. The Labute approximate surface area is 187 Å². The number of aryl methyl sites for hydroxylation is 1. The number of amides is 1. The van der Waals surface area contributed by atoms with Crippen molar-refractivity contribution in [1.29, 1.82) is 0 Å². The summed E-state index contributed by atoms with van der Waals surface area (Å²) in [5.74, 6) is -0.116. The minimum atomic E-state index is -3.35. The van der Waals surface area contributed by atoms with Crippen LogP contribution in [0.1, 0.15) is 30.3 Å². The lowest BCUT2D eigenvalue weighted by molar-refractivity contribution is -0.115. The highest BCUT2D eigenvalue weighted by molar-refractivity contribution is 7.92. The van der Waals surface area contributed by atoms with Crippen LogP contribution in [0, 0.1) is 13.8 Å². The number of halogens is 1. The molecule has 0 aliphatic carbocycles. The summed E-state index contributed by atoms with van der Waals surface area (Å²) in [5, 5.41) is 8.05. The average Bonchev–Trinajstić information content (AvgIpc) is 2.98. The number of carbonyl (C=O) groups is 1. The van der Waals surface area contributed by atoms with Crippen molar-refractivity contribution >= 4 is 38.9 Å². The van der Waals surface area contributed by atoms with Gasteiger partial charge in [-0.3, -0.25) is 9.52 Å². The van der Waals surface area contributed by atoms with Crippen LogP contribution in [0.15, 0.2) is 48.5 Å². The van der Waals surface area contributed by atoms with Crippen molar-refractivity contribution in [2.45, 2.75) is 33.6 Å². The second-order valence-corrected chi connectivity index (χ2v) is 9.54. The molecule has 0 fully saturated rings. The zero-order valence-corrected chi connectivity index (χ0v) is 19.2. The highest BCUT2D eigenvalue weighted by Gasteiger charge is 2.16. The van der Waals surface area contributed by atoms with E-state index in [4.69, 9.17) is 11.6 Å². The summed E-state index contributed by atoms with van der Waals surface area (Å²) >= 11 is 5.96. The van der Waals surface area contributed by atoms with E-state index in [-0.39, 0.29) is 18.1 Å². The van der Waals surface area contributed by atoms with Gasteiger partial charge < -0.3 is 5.32 Å². The molecule has 2 aromatic carbocycles. The number of hydrogen-bond donors (Lipinski definition) is 2. The van der Waals surface area contributed by atoms with Gasteiger partial charge in [0, 0.05) is 27.7 Å². The number of nitrogens with zero attached hydrogens (tertiary/aromatic N) is 2. The Hall–Kier alpha value is -2.84. The zero-order valence-electron chi connectivity index (χ0n) is 17.6. The molecule has 0 aliphatic rings. The molecule has 0 saturated heterocycles. The van der Waals surface area contributed by atoms with Crippen molar-refractivity contribution in [2.24, 2.45) is 0 Å². The first kappa shape index (κ1) is 22.8. The minimum Gasteiger partial charge on any atom is -0.326 e. The smallest absolute Gasteiger partial charge is 0.232 e. The fraction of sp³-hybridized carbons (Fsp3) is 0.273. The van der Waals surface area contributed by atoms with Crippen LogP contribution in [-0.4, -0.2) is 29.9 Å². The van der Waals surface area contributed by atoms with E-state index in [0.717, 1.165) is 22.6 Å². The van der Waals surface area contributed by atoms with Gasteiger partial charge in [0.1, 0.15) is 0 Å². The maximum atomic E-state index is 12.6. The second-order valence-electron chi connectivity index (χ2n) is 7.26. The quantitative estimate of drug-likeness (QED) is 0.518. The second kappa shape index (κ2) is 9.53. The molecule has 0 atom stereocenters. The summed E-state index contributed by atoms with van der Waals surface area (Å²) in [7, 11) is -3.35. The van der Waals surface area contributed by atoms with E-state index < -0.39 is 10.0 Å². The summed E-state index contributed by atoms with van der Waals surface area (Å²) in [5.41, 5.74) is 4.44. The first-order chi connectivity index (χ1) is 14.7. The fourth-order valence-corrected chi connectivity index (χ4v) is 4.51. The van der Waals surface area contributed by atoms with Crippen LogP contribution < -0.4 is 10.0 Å². The molecule has 0 radical (unpaired) electrons. The summed E-state index contributed by atoms with van der Waals surface area (Å²) < 4.78 is 28.0. The van der Waals surface area contributed by atoms with Gasteiger partial charge in [0.15, 0.2) is 0 Å². The van der Waals surface area contributed by atoms with Crippen LogP contribution >= 0.6 is 11.6 Å². The topological polar surface area (TPSA) is 93.1 Å². The van der Waals surface area contributed by atoms with Gasteiger partial charge in [-0.1, -0.05) is 18.5 Å². The molecule has 3 aromatic rings. The van der Waals surface area contributed by atoms with Crippen molar-refractivity contribution in [3.8, 4) is 5.69 Å². The third-order valence-corrected chi connectivity index (χ3v) is 6.51. The molecule has 0 bridgehead atoms. The van der Waals surface area contributed by atoms with Crippen LogP contribution in [0.5, 0.6) is 0 Å². The van der Waals surface area contributed by atoms with E-state index in [0.29, 0.717) is 22.8 Å². The standard InChI is InChI=1S/C22H25ClN4O3S/c1-4-13-31(29,30)26-19-9-7-18(8-10-19)24-22(28)14-21-15(2)25-27(16(21)3)20-11-5-17(23)6-12-20/h5-12,26H,4,13-14H2,1-3H3,(H,24,28). The molecule has 1 amide bonds. The van der Waals surface area contributed by atoms with E-state index >= 15 is 0 Å². The van der Waals surface area contributed by atoms with Gasteiger partial charge in [0.05, 0.1) is 23.6 Å². The molecule has 7 nitrogen and oxygen atoms in total. The lowest BCUT2D eigenvalue weighted by atomic mass is 10.1. The molecule has 0 unspecified atom stereocenters. The van der Waals surface area contributed by atoms with Crippen molar-refractivity contribution < 1.29 is 13.2 Å². The van der Waals surface area contributed by atoms with Gasteiger partial charge in [-0.05, 0) is 68.8 Å². The van der Waals surface area contributed by atoms with Crippen LogP contribution in [0.25, 0.3) is 5.69 Å². The molecule has 1 heterocycles. The van der Waals surface area contributed by atoms with Crippen LogP contribution in [0.3, 0.4) is 0 Å². The van der Waals surface area contributed by atoms with Gasteiger partial charge in [-0.2, -0.15) is 5.10 Å². The number of carbonyl (C=O) groups excluding carboxylic acids is 1. The number of rotatable bonds is 8. The van der Waals surface area contributed by atoms with Crippen LogP contribution in [0.2, 0.25) is 5.02 Å². The van der Waals surface area contributed by atoms with Crippen molar-refractivity contribution in [3.05, 3.63) is 70.5 Å². The summed E-state index contributed by atoms with van der Waals surface area (Å²) in [6, 6.07) is 13.9. The highest BCUT2D eigenvalue weighted by Crippen LogP contribution is 2.21. The van der Waals surface area contributed by atoms with E-state index in [1.54, 1.807) is 48.0 Å². The number of anilines is 2. The van der Waals surface area contributed by atoms with Crippen molar-refractivity contribution in [2.75, 3.05) is 15.8 Å². The van der Waals surface area contributed by atoms with E-state index in [9.17, 15) is 13.2 Å². The highest BCUT2D eigenvalue weighted by atomic mass is 35.5. The third-order valence-electron chi connectivity index (χ3n) is 4.76. The maximum absolute atomic E-state index is 12.6. The van der Waals surface area contributed by atoms with Gasteiger partial charge in [-0.25, -0.2) is 13.1 Å². The number of hydrogen-bond acceptors (Lipinski definition) is 4. The van der Waals surface area contributed by atoms with E-state index in [1.165, 1.54) is 0 Å². The van der Waals surface area contributed by atoms with Crippen molar-refractivity contribution in [1.82, 2.24) is 9.78 Å². The molecular weight excluding hydrogens is 436 g/mol. The third kappa shape index (κ3) is 5.86. The number of benzene rings is 2. The molecule has 9 heteroatoms. The normalized spacial score (nSPS) is 11.4. The van der Waals surface area contributed by atoms with Gasteiger partial charge in [0.25, 0.3) is 0 Å². The van der Waals surface area contributed by atoms with Gasteiger partial charge in [-0.15, -0.1) is 0 Å². The Morgan fingerprint density at radius 3 is 2.26 bits per heavy atom. The fourth-order valence-electron chi connectivity index (χ4n) is 3.25. The number of sulfonamides is 1. The molecule has 0 spiro atoms. The summed E-state index contributed by atoms with van der Waals surface area (Å²) in [6.45, 7) is 5.61. The summed E-state index contributed by atoms with van der Waals surface area (Å²) in [4.78, 5) is 12.6. The van der Waals surface area contributed by atoms with E-state index in [2.05, 4.69) is 15.1 Å². The lowest BCUT2D eigenvalue weighted by Gasteiger charge is -2.09. The van der Waals surface area contributed by atoms with Gasteiger partial charge in [0.2, 0.25) is 15.9 Å². The van der Waals surface area contributed by atoms with Crippen LogP contribution in [0.4, 0.5) is 11.4 Å². The van der Waals surface area contributed by atoms with Crippen molar-refractivity contribution in [3.63, 3.8) is 0 Å². The SMILES string of the molecule is CCCS(=O)(=O)Nc1ccc(NC(=O)Cc2c(C)nn(-c3ccc(Cl)cc3)c2C)cc1. The number of aromatic nitrogens is 2. The lowest BCUT2D eigenvalue weighted by Crippen LogP contribution is -2.17. The minimum absolute atomic E-state index is 0.0634. The van der Waals surface area contributed by atoms with Gasteiger partial charge >= 0.3 is 0 Å². The molecule has 0 saturated carbocycles. The Balaban J connectivity index is 1.68. The Morgan fingerprint density at radius 1 is 1.03 bits per heavy atom.